The third kappa shape index (κ3) is 24.1. The van der Waals surface area contributed by atoms with Gasteiger partial charge >= 0.3 is 0 Å². The second kappa shape index (κ2) is 28.6. The molecule has 0 radical (unpaired) electrons. The van der Waals surface area contributed by atoms with Gasteiger partial charge < -0.3 is 4.48 Å². The Bertz CT molecular complexity index is 413. The van der Waals surface area contributed by atoms with Crippen LogP contribution in [-0.2, 0) is 0 Å². The Morgan fingerprint density at radius 3 is 0.914 bits per heavy atom. The molecule has 0 fully saturated rings. The molecule has 0 aliphatic carbocycles. The van der Waals surface area contributed by atoms with Crippen molar-refractivity contribution in [2.45, 2.75) is 175 Å². The smallest absolute Gasteiger partial charge is 0.141 e. The van der Waals surface area contributed by atoms with Crippen LogP contribution in [0.15, 0.2) is 0 Å². The highest BCUT2D eigenvalue weighted by Gasteiger charge is 2.25. The van der Waals surface area contributed by atoms with E-state index in [9.17, 15) is 0 Å². The lowest BCUT2D eigenvalue weighted by molar-refractivity contribution is -0.922. The third-order valence-electron chi connectivity index (χ3n) is 7.94. The molecule has 0 bridgehead atoms. The molecule has 0 aromatic rings. The van der Waals surface area contributed by atoms with Crippen LogP contribution in [0.1, 0.15) is 175 Å². The highest BCUT2D eigenvalue weighted by Crippen LogP contribution is 2.19. The Morgan fingerprint density at radius 1 is 0.400 bits per heavy atom. The van der Waals surface area contributed by atoms with E-state index in [2.05, 4.69) is 47.5 Å². The molecule has 0 N–H and O–H groups in total. The first-order chi connectivity index (χ1) is 17.2. The van der Waals surface area contributed by atoms with Crippen LogP contribution in [0.5, 0.6) is 0 Å². The van der Waals surface area contributed by atoms with Crippen molar-refractivity contribution in [3.63, 3.8) is 0 Å². The lowest BCUT2D eigenvalue weighted by atomic mass is 10.0. The fourth-order valence-corrected chi connectivity index (χ4v) is 5.64. The van der Waals surface area contributed by atoms with E-state index in [4.69, 9.17) is 0 Å². The molecule has 0 saturated carbocycles. The summed E-state index contributed by atoms with van der Waals surface area (Å²) in [5, 5.41) is 0. The van der Waals surface area contributed by atoms with Gasteiger partial charge in [0.05, 0.1) is 19.6 Å². The summed E-state index contributed by atoms with van der Waals surface area (Å²) in [5.41, 5.74) is 0. The molecule has 0 aromatic carbocycles. The van der Waals surface area contributed by atoms with E-state index in [1.807, 2.05) is 0 Å². The molecule has 1 nitrogen and oxygen atoms in total. The van der Waals surface area contributed by atoms with Gasteiger partial charge in [-0.2, -0.15) is 0 Å². The van der Waals surface area contributed by atoms with Gasteiger partial charge in [0, 0.05) is 15.9 Å². The third-order valence-corrected chi connectivity index (χ3v) is 8.22. The van der Waals surface area contributed by atoms with E-state index < -0.39 is 0 Å². The van der Waals surface area contributed by atoms with Crippen LogP contribution in [0.2, 0.25) is 0 Å². The number of halogens is 1. The first-order valence-electron chi connectivity index (χ1n) is 16.2. The largest absolute Gasteiger partial charge is 0.313 e. The van der Waals surface area contributed by atoms with Gasteiger partial charge in [-0.15, -0.1) is 0 Å². The van der Waals surface area contributed by atoms with Gasteiger partial charge in [-0.25, -0.2) is 0 Å². The van der Waals surface area contributed by atoms with Crippen molar-refractivity contribution in [3.8, 4) is 10.8 Å². The van der Waals surface area contributed by atoms with E-state index in [1.54, 1.807) is 0 Å². The van der Waals surface area contributed by atoms with Crippen molar-refractivity contribution < 1.29 is 4.48 Å². The maximum absolute atomic E-state index is 3.45. The summed E-state index contributed by atoms with van der Waals surface area (Å²) >= 11 is 3.40. The summed E-state index contributed by atoms with van der Waals surface area (Å²) in [7, 11) is 0. The second-order valence-corrected chi connectivity index (χ2v) is 11.8. The summed E-state index contributed by atoms with van der Waals surface area (Å²) in [6.07, 6.45) is 34.0. The van der Waals surface area contributed by atoms with Gasteiger partial charge in [0.25, 0.3) is 0 Å². The minimum atomic E-state index is 1.05. The van der Waals surface area contributed by atoms with Gasteiger partial charge in [-0.3, -0.25) is 0 Å². The normalized spacial score (nSPS) is 11.5. The van der Waals surface area contributed by atoms with Crippen LogP contribution in [0.3, 0.4) is 0 Å². The zero-order chi connectivity index (χ0) is 25.7. The molecule has 0 rings (SSSR count). The summed E-state index contributed by atoms with van der Waals surface area (Å²) in [5.74, 6) is 3.45. The minimum absolute atomic E-state index is 1.05. The molecule has 208 valence electrons. The van der Waals surface area contributed by atoms with Gasteiger partial charge in [0.2, 0.25) is 0 Å². The number of hydrogen-bond acceptors (Lipinski definition) is 0. The number of rotatable bonds is 28. The topological polar surface area (TPSA) is 0 Å². The fourth-order valence-electron chi connectivity index (χ4n) is 5.51. The zero-order valence-corrected chi connectivity index (χ0v) is 26.2. The molecule has 0 aliphatic rings. The Hall–Kier alpha value is 0. The Morgan fingerprint density at radius 2 is 0.657 bits per heavy atom. The summed E-state index contributed by atoms with van der Waals surface area (Å²) in [4.78, 5) is 3.06. The Kier molecular flexibility index (Phi) is 28.6. The standard InChI is InChI=1S/C33H65BrN/c1-4-7-10-13-16-19-22-25-30-35(33-28-29-34,31-26-23-20-17-14-11-8-5-2)32-27-24-21-18-15-12-9-6-3/h4-27,30-33H2,1-3H3/q+1. The van der Waals surface area contributed by atoms with E-state index >= 15 is 0 Å². The van der Waals surface area contributed by atoms with E-state index in [0.717, 1.165) is 6.54 Å². The molecule has 2 heteroatoms. The van der Waals surface area contributed by atoms with Crippen molar-refractivity contribution >= 4 is 15.9 Å². The fraction of sp³-hybridized carbons (Fsp3) is 0.939. The minimum Gasteiger partial charge on any atom is -0.313 e. The quantitative estimate of drug-likeness (QED) is 0.0512. The van der Waals surface area contributed by atoms with Gasteiger partial charge in [0.1, 0.15) is 6.54 Å². The number of unbranched alkanes of at least 4 members (excludes halogenated alkanes) is 21. The number of nitrogens with zero attached hydrogens (tertiary/aromatic N) is 1. The average Bonchev–Trinajstić information content (AvgIpc) is 2.87. The Labute approximate surface area is 231 Å². The van der Waals surface area contributed by atoms with E-state index in [-0.39, 0.29) is 0 Å². The first-order valence-corrected chi connectivity index (χ1v) is 17.0. The van der Waals surface area contributed by atoms with Gasteiger partial charge in [-0.1, -0.05) is 136 Å². The molecule has 0 amide bonds. The molecule has 0 heterocycles. The predicted molar refractivity (Wildman–Crippen MR) is 164 cm³/mol. The average molecular weight is 556 g/mol. The van der Waals surface area contributed by atoms with Crippen molar-refractivity contribution in [3.05, 3.63) is 0 Å². The van der Waals surface area contributed by atoms with Crippen LogP contribution in [-0.4, -0.2) is 30.7 Å². The van der Waals surface area contributed by atoms with Crippen LogP contribution in [0, 0.1) is 10.8 Å². The van der Waals surface area contributed by atoms with Crippen LogP contribution < -0.4 is 0 Å². The van der Waals surface area contributed by atoms with E-state index in [0.29, 0.717) is 0 Å². The van der Waals surface area contributed by atoms with Crippen molar-refractivity contribution in [2.75, 3.05) is 26.2 Å². The molecule has 0 atom stereocenters. The Balaban J connectivity index is 4.54. The lowest BCUT2D eigenvalue weighted by Gasteiger charge is -2.38. The summed E-state index contributed by atoms with van der Waals surface area (Å²) in [6.45, 7) is 12.0. The second-order valence-electron chi connectivity index (χ2n) is 11.4. The van der Waals surface area contributed by atoms with Gasteiger partial charge in [-0.05, 0) is 49.3 Å². The maximum Gasteiger partial charge on any atom is 0.141 e. The lowest BCUT2D eigenvalue weighted by Crippen LogP contribution is -2.50. The highest BCUT2D eigenvalue weighted by molar-refractivity contribution is 9.12. The molecule has 0 saturated heterocycles. The van der Waals surface area contributed by atoms with Crippen molar-refractivity contribution in [2.24, 2.45) is 0 Å². The summed E-state index contributed by atoms with van der Waals surface area (Å²) in [6, 6.07) is 0. The molecule has 0 aliphatic heterocycles. The molecule has 35 heavy (non-hydrogen) atoms. The van der Waals surface area contributed by atoms with Crippen LogP contribution in [0.4, 0.5) is 0 Å². The maximum atomic E-state index is 3.45. The molecule has 0 spiro atoms. The van der Waals surface area contributed by atoms with Crippen molar-refractivity contribution in [1.82, 2.24) is 0 Å². The first kappa shape index (κ1) is 35.0. The predicted octanol–water partition coefficient (Wildman–Crippen LogP) is 11.6. The monoisotopic (exact) mass is 554 g/mol. The molecule has 0 unspecified atom stereocenters. The zero-order valence-electron chi connectivity index (χ0n) is 24.6. The molecular weight excluding hydrogens is 490 g/mol. The SMILES string of the molecule is CCCCCCCCCC[N+](CC#CBr)(CCCCCCCCCC)CCCCCCCCCC. The highest BCUT2D eigenvalue weighted by atomic mass is 79.9. The molecular formula is C33H65BrN+. The van der Waals surface area contributed by atoms with Crippen LogP contribution in [0.25, 0.3) is 0 Å². The summed E-state index contributed by atoms with van der Waals surface area (Å²) < 4.78 is 1.26. The molecule has 0 aromatic heterocycles. The van der Waals surface area contributed by atoms with E-state index in [1.165, 1.54) is 178 Å². The van der Waals surface area contributed by atoms with Gasteiger partial charge in [0.15, 0.2) is 0 Å². The van der Waals surface area contributed by atoms with Crippen molar-refractivity contribution in [1.29, 1.82) is 0 Å². The number of hydrogen-bond donors (Lipinski definition) is 0. The number of quaternary nitrogens is 1. The van der Waals surface area contributed by atoms with Crippen LogP contribution >= 0.6 is 15.9 Å².